The van der Waals surface area contributed by atoms with Crippen LogP contribution in [0.25, 0.3) is 5.57 Å². The summed E-state index contributed by atoms with van der Waals surface area (Å²) in [5, 5.41) is 19.1. The van der Waals surface area contributed by atoms with Crippen molar-refractivity contribution in [2.24, 2.45) is 0 Å². The van der Waals surface area contributed by atoms with Crippen LogP contribution in [0.4, 0.5) is 11.5 Å². The third-order valence-corrected chi connectivity index (χ3v) is 4.49. The van der Waals surface area contributed by atoms with E-state index in [2.05, 4.69) is 20.2 Å². The molecule has 0 saturated carbocycles. The van der Waals surface area contributed by atoms with Gasteiger partial charge in [0.2, 0.25) is 0 Å². The maximum atomic E-state index is 8.63. The van der Waals surface area contributed by atoms with Crippen LogP contribution in [-0.2, 0) is 4.74 Å². The lowest BCUT2D eigenvalue weighted by Crippen LogP contribution is -2.52. The lowest BCUT2D eigenvalue weighted by molar-refractivity contribution is 0.0783. The average Bonchev–Trinajstić information content (AvgIpc) is 2.65. The van der Waals surface area contributed by atoms with Crippen LogP contribution in [0, 0.1) is 10.8 Å². The predicted molar refractivity (Wildman–Crippen MR) is 108 cm³/mol. The number of allylic oxidation sites excluding steroid dienone is 1. The molecule has 0 spiro atoms. The van der Waals surface area contributed by atoms with Crippen molar-refractivity contribution < 1.29 is 4.74 Å². The Balaban J connectivity index is 1.90. The van der Waals surface area contributed by atoms with Gasteiger partial charge in [-0.1, -0.05) is 0 Å². The maximum Gasteiger partial charge on any atom is 0.129 e. The highest BCUT2D eigenvalue weighted by Crippen LogP contribution is 2.24. The van der Waals surface area contributed by atoms with Gasteiger partial charge in [0.25, 0.3) is 0 Å². The minimum Gasteiger partial charge on any atom is -0.397 e. The summed E-state index contributed by atoms with van der Waals surface area (Å²) in [5.41, 5.74) is 9.25. The molecule has 0 aromatic carbocycles. The molecule has 27 heavy (non-hydrogen) atoms. The zero-order valence-electron chi connectivity index (χ0n) is 15.4. The number of nitrogen functional groups attached to an aromatic ring is 1. The Labute approximate surface area is 158 Å². The second kappa shape index (κ2) is 7.96. The van der Waals surface area contributed by atoms with Crippen molar-refractivity contribution in [1.82, 2.24) is 15.3 Å². The van der Waals surface area contributed by atoms with Crippen LogP contribution in [0.1, 0.15) is 16.8 Å². The largest absolute Gasteiger partial charge is 0.397 e. The molecule has 8 nitrogen and oxygen atoms in total. The van der Waals surface area contributed by atoms with Gasteiger partial charge in [-0.15, -0.1) is 0 Å². The molecule has 0 atom stereocenters. The second-order valence-electron chi connectivity index (χ2n) is 6.23. The topological polar surface area (TPSA) is 124 Å². The zero-order valence-corrected chi connectivity index (χ0v) is 15.4. The lowest BCUT2D eigenvalue weighted by Gasteiger charge is -2.39. The van der Waals surface area contributed by atoms with E-state index in [-0.39, 0.29) is 11.8 Å². The second-order valence-corrected chi connectivity index (χ2v) is 6.23. The quantitative estimate of drug-likeness (QED) is 0.552. The molecule has 0 unspecified atom stereocenters. The van der Waals surface area contributed by atoms with Crippen molar-refractivity contribution in [3.63, 3.8) is 0 Å². The first kappa shape index (κ1) is 18.5. The summed E-state index contributed by atoms with van der Waals surface area (Å²) >= 11 is 0. The van der Waals surface area contributed by atoms with E-state index in [1.807, 2.05) is 6.07 Å². The van der Waals surface area contributed by atoms with Crippen molar-refractivity contribution in [1.29, 1.82) is 10.8 Å². The van der Waals surface area contributed by atoms with Crippen LogP contribution in [-0.4, -0.2) is 55.2 Å². The van der Waals surface area contributed by atoms with Gasteiger partial charge in [0.15, 0.2) is 0 Å². The molecule has 0 amide bonds. The minimum absolute atomic E-state index is 0.229. The van der Waals surface area contributed by atoms with Crippen LogP contribution < -0.4 is 16.0 Å². The van der Waals surface area contributed by atoms with Gasteiger partial charge in [-0.3, -0.25) is 10.4 Å². The van der Waals surface area contributed by atoms with E-state index in [0.29, 0.717) is 22.5 Å². The number of anilines is 2. The molecule has 8 heteroatoms. The molecular formula is C19H23N7O. The van der Waals surface area contributed by atoms with E-state index in [4.69, 9.17) is 21.3 Å². The third kappa shape index (κ3) is 3.80. The molecule has 1 aliphatic rings. The van der Waals surface area contributed by atoms with Crippen molar-refractivity contribution in [3.05, 3.63) is 53.6 Å². The Morgan fingerprint density at radius 1 is 1.37 bits per heavy atom. The highest BCUT2D eigenvalue weighted by Gasteiger charge is 2.27. The highest BCUT2D eigenvalue weighted by atomic mass is 16.5. The van der Waals surface area contributed by atoms with Crippen molar-refractivity contribution in [2.45, 2.75) is 6.10 Å². The van der Waals surface area contributed by atoms with E-state index in [1.54, 1.807) is 38.7 Å². The zero-order chi connectivity index (χ0) is 19.4. The number of nitrogens with two attached hydrogens (primary N) is 1. The van der Waals surface area contributed by atoms with Crippen LogP contribution in [0.15, 0.2) is 36.8 Å². The fourth-order valence-electron chi connectivity index (χ4n) is 2.86. The van der Waals surface area contributed by atoms with Crippen molar-refractivity contribution in [3.8, 4) is 0 Å². The van der Waals surface area contributed by atoms with Gasteiger partial charge in [0.1, 0.15) is 5.82 Å². The van der Waals surface area contributed by atoms with Crippen LogP contribution >= 0.6 is 0 Å². The number of aromatic nitrogens is 2. The molecule has 2 aromatic rings. The number of ether oxygens (including phenoxy) is 1. The molecule has 5 N–H and O–H groups in total. The Morgan fingerprint density at radius 3 is 2.81 bits per heavy atom. The van der Waals surface area contributed by atoms with E-state index in [0.717, 1.165) is 24.5 Å². The Kier molecular flexibility index (Phi) is 5.46. The average molecular weight is 365 g/mol. The van der Waals surface area contributed by atoms with Gasteiger partial charge < -0.3 is 26.1 Å². The van der Waals surface area contributed by atoms with E-state index < -0.39 is 0 Å². The number of nitrogens with zero attached hydrogens (tertiary/aromatic N) is 3. The highest BCUT2D eigenvalue weighted by molar-refractivity contribution is 6.15. The van der Waals surface area contributed by atoms with Gasteiger partial charge in [0, 0.05) is 62.6 Å². The summed E-state index contributed by atoms with van der Waals surface area (Å²) in [7, 11) is 3.46. The summed E-state index contributed by atoms with van der Waals surface area (Å²) in [6.07, 6.45) is 6.34. The van der Waals surface area contributed by atoms with Gasteiger partial charge in [-0.2, -0.15) is 0 Å². The van der Waals surface area contributed by atoms with Crippen molar-refractivity contribution >= 4 is 29.0 Å². The summed E-state index contributed by atoms with van der Waals surface area (Å²) in [5.74, 6) is 0.814. The standard InChI is InChI=1S/C19H23N7O/c1-23-8-13(7-20)17-6-15(16(21)9-25-17)19(22)12-3-4-24-18(5-12)26-10-14(11-26)27-2/h3-9,14,20,22-23H,10-11,21H2,1-2H3/b13-8+,20-7?,22-19?. The number of methoxy groups -OCH3 is 1. The SMILES string of the molecule is CN/C=C(\C=N)c1cc(C(=N)c2ccnc(N3CC(OC)C3)c2)c(N)cn1. The number of hydrogen-bond acceptors (Lipinski definition) is 8. The van der Waals surface area contributed by atoms with Crippen LogP contribution in [0.5, 0.6) is 0 Å². The van der Waals surface area contributed by atoms with E-state index >= 15 is 0 Å². The molecule has 140 valence electrons. The summed E-state index contributed by atoms with van der Waals surface area (Å²) < 4.78 is 5.30. The minimum atomic E-state index is 0.229. The summed E-state index contributed by atoms with van der Waals surface area (Å²) in [6, 6.07) is 5.41. The summed E-state index contributed by atoms with van der Waals surface area (Å²) in [6.45, 7) is 1.58. The molecular weight excluding hydrogens is 342 g/mol. The van der Waals surface area contributed by atoms with Crippen LogP contribution in [0.2, 0.25) is 0 Å². The lowest BCUT2D eigenvalue weighted by atomic mass is 10.00. The molecule has 3 rings (SSSR count). The first-order valence-corrected chi connectivity index (χ1v) is 8.54. The maximum absolute atomic E-state index is 8.63. The molecule has 1 fully saturated rings. The first-order valence-electron chi connectivity index (χ1n) is 8.54. The number of pyridine rings is 2. The molecule has 0 radical (unpaired) electrons. The van der Waals surface area contributed by atoms with Gasteiger partial charge in [-0.05, 0) is 18.2 Å². The smallest absolute Gasteiger partial charge is 0.129 e. The Morgan fingerprint density at radius 2 is 2.15 bits per heavy atom. The Bertz CT molecular complexity index is 887. The number of nitrogens with one attached hydrogen (secondary N) is 3. The molecule has 1 aliphatic heterocycles. The molecule has 0 aliphatic carbocycles. The Hall–Kier alpha value is -3.26. The molecule has 3 heterocycles. The monoisotopic (exact) mass is 365 g/mol. The van der Waals surface area contributed by atoms with Gasteiger partial charge >= 0.3 is 0 Å². The predicted octanol–water partition coefficient (Wildman–Crippen LogP) is 1.52. The first-order chi connectivity index (χ1) is 13.1. The van der Waals surface area contributed by atoms with E-state index in [9.17, 15) is 0 Å². The van der Waals surface area contributed by atoms with Crippen LogP contribution in [0.3, 0.4) is 0 Å². The van der Waals surface area contributed by atoms with Gasteiger partial charge in [-0.25, -0.2) is 4.98 Å². The molecule has 0 bridgehead atoms. The fraction of sp³-hybridized carbons (Fsp3) is 0.263. The van der Waals surface area contributed by atoms with Crippen molar-refractivity contribution in [2.75, 3.05) is 37.9 Å². The molecule has 2 aromatic heterocycles. The number of hydrogen-bond donors (Lipinski definition) is 4. The normalized spacial score (nSPS) is 14.6. The fourth-order valence-corrected chi connectivity index (χ4v) is 2.86. The summed E-state index contributed by atoms with van der Waals surface area (Å²) in [4.78, 5) is 10.8. The van der Waals surface area contributed by atoms with Gasteiger partial charge in [0.05, 0.1) is 29.4 Å². The van der Waals surface area contributed by atoms with E-state index in [1.165, 1.54) is 12.4 Å². The third-order valence-electron chi connectivity index (χ3n) is 4.49. The molecule has 1 saturated heterocycles. The number of rotatable bonds is 7.